The van der Waals surface area contributed by atoms with Gasteiger partial charge in [0.2, 0.25) is 5.88 Å². The van der Waals surface area contributed by atoms with E-state index in [1.54, 1.807) is 10.6 Å². The molecule has 2 heterocycles. The normalized spacial score (nSPS) is 11.3. The van der Waals surface area contributed by atoms with Gasteiger partial charge < -0.3 is 4.74 Å². The van der Waals surface area contributed by atoms with E-state index in [1.807, 2.05) is 30.3 Å². The summed E-state index contributed by atoms with van der Waals surface area (Å²) in [6.45, 7) is 4.70. The van der Waals surface area contributed by atoms with Gasteiger partial charge in [0, 0.05) is 12.5 Å². The fraction of sp³-hybridized carbons (Fsp3) is 0.353. The van der Waals surface area contributed by atoms with Crippen molar-refractivity contribution in [1.29, 1.82) is 0 Å². The maximum absolute atomic E-state index is 12.8. The summed E-state index contributed by atoms with van der Waals surface area (Å²) in [4.78, 5) is 17.5. The molecule has 0 saturated carbocycles. The van der Waals surface area contributed by atoms with E-state index in [1.165, 1.54) is 11.6 Å². The Labute approximate surface area is 134 Å². The van der Waals surface area contributed by atoms with Gasteiger partial charge in [0.15, 0.2) is 5.65 Å². The third kappa shape index (κ3) is 3.11. The molecule has 0 spiro atoms. The van der Waals surface area contributed by atoms with E-state index in [4.69, 9.17) is 4.74 Å². The van der Waals surface area contributed by atoms with Crippen LogP contribution in [0.4, 0.5) is 0 Å². The average molecular weight is 312 g/mol. The number of methoxy groups -OCH3 is 1. The average Bonchev–Trinajstić information content (AvgIpc) is 2.95. The first-order valence-corrected chi connectivity index (χ1v) is 7.66. The highest BCUT2D eigenvalue weighted by atomic mass is 16.5. The van der Waals surface area contributed by atoms with E-state index >= 15 is 0 Å². The van der Waals surface area contributed by atoms with Gasteiger partial charge in [-0.2, -0.15) is 4.52 Å². The molecule has 2 aromatic heterocycles. The van der Waals surface area contributed by atoms with Gasteiger partial charge in [-0.1, -0.05) is 44.2 Å². The number of hydrogen-bond donors (Lipinski definition) is 0. The molecule has 3 aromatic rings. The summed E-state index contributed by atoms with van der Waals surface area (Å²) in [5.74, 6) is 1.56. The molecule has 1 aromatic carbocycles. The van der Waals surface area contributed by atoms with Crippen molar-refractivity contribution in [3.8, 4) is 5.88 Å². The Hall–Kier alpha value is -2.63. The summed E-state index contributed by atoms with van der Waals surface area (Å²) < 4.78 is 8.10. The molecule has 0 amide bonds. The van der Waals surface area contributed by atoms with E-state index in [-0.39, 0.29) is 5.69 Å². The molecule has 6 nitrogen and oxygen atoms in total. The highest BCUT2D eigenvalue weighted by molar-refractivity contribution is 5.41. The molecule has 0 aliphatic rings. The van der Waals surface area contributed by atoms with Crippen molar-refractivity contribution in [3.05, 3.63) is 58.3 Å². The standard InChI is InChI=1S/C17H20N4O2/c1-12(2)9-14-18-15-10-16(23-3)19-21(15)17(22)20(14)11-13-7-5-4-6-8-13/h4-8,10,12H,9,11H2,1-3H3. The first kappa shape index (κ1) is 15.3. The summed E-state index contributed by atoms with van der Waals surface area (Å²) in [5, 5.41) is 4.15. The van der Waals surface area contributed by atoms with Gasteiger partial charge in [-0.05, 0) is 11.5 Å². The highest BCUT2D eigenvalue weighted by Gasteiger charge is 2.15. The van der Waals surface area contributed by atoms with Crippen molar-refractivity contribution in [2.75, 3.05) is 7.11 Å². The first-order valence-electron chi connectivity index (χ1n) is 7.66. The number of rotatable bonds is 5. The molecular weight excluding hydrogens is 292 g/mol. The van der Waals surface area contributed by atoms with Gasteiger partial charge in [-0.15, -0.1) is 5.10 Å². The third-order valence-electron chi connectivity index (χ3n) is 3.62. The highest BCUT2D eigenvalue weighted by Crippen LogP contribution is 2.12. The maximum atomic E-state index is 12.8. The van der Waals surface area contributed by atoms with Crippen LogP contribution in [-0.4, -0.2) is 26.3 Å². The quantitative estimate of drug-likeness (QED) is 0.724. The lowest BCUT2D eigenvalue weighted by Gasteiger charge is -2.13. The second-order valence-corrected chi connectivity index (χ2v) is 5.94. The molecule has 0 aliphatic carbocycles. The summed E-state index contributed by atoms with van der Waals surface area (Å²) in [6.07, 6.45) is 0.728. The van der Waals surface area contributed by atoms with E-state index < -0.39 is 0 Å². The third-order valence-corrected chi connectivity index (χ3v) is 3.62. The Morgan fingerprint density at radius 2 is 1.96 bits per heavy atom. The van der Waals surface area contributed by atoms with E-state index in [0.717, 1.165) is 17.8 Å². The zero-order valence-corrected chi connectivity index (χ0v) is 13.6. The molecule has 0 atom stereocenters. The largest absolute Gasteiger partial charge is 0.480 e. The number of fused-ring (bicyclic) bond motifs is 1. The zero-order chi connectivity index (χ0) is 16.4. The van der Waals surface area contributed by atoms with E-state index in [2.05, 4.69) is 23.9 Å². The fourth-order valence-corrected chi connectivity index (χ4v) is 2.53. The predicted molar refractivity (Wildman–Crippen MR) is 87.9 cm³/mol. The van der Waals surface area contributed by atoms with Crippen LogP contribution in [0.15, 0.2) is 41.2 Å². The van der Waals surface area contributed by atoms with Crippen molar-refractivity contribution in [2.45, 2.75) is 26.8 Å². The van der Waals surface area contributed by atoms with Crippen LogP contribution in [0.25, 0.3) is 5.65 Å². The molecule has 6 heteroatoms. The smallest absolute Gasteiger partial charge is 0.352 e. The molecule has 23 heavy (non-hydrogen) atoms. The number of nitrogens with zero attached hydrogens (tertiary/aromatic N) is 4. The van der Waals surface area contributed by atoms with Crippen LogP contribution in [0, 0.1) is 5.92 Å². The Morgan fingerprint density at radius 3 is 2.61 bits per heavy atom. The number of aromatic nitrogens is 4. The Kier molecular flexibility index (Phi) is 4.14. The minimum absolute atomic E-state index is 0.196. The summed E-state index contributed by atoms with van der Waals surface area (Å²) in [7, 11) is 1.53. The van der Waals surface area contributed by atoms with Gasteiger partial charge in [0.05, 0.1) is 13.7 Å². The maximum Gasteiger partial charge on any atom is 0.352 e. The fourth-order valence-electron chi connectivity index (χ4n) is 2.53. The second kappa shape index (κ2) is 6.24. The lowest BCUT2D eigenvalue weighted by atomic mass is 10.1. The summed E-state index contributed by atoms with van der Waals surface area (Å²) in [6, 6.07) is 11.6. The Morgan fingerprint density at radius 1 is 1.22 bits per heavy atom. The minimum Gasteiger partial charge on any atom is -0.480 e. The molecule has 0 fully saturated rings. The number of benzene rings is 1. The zero-order valence-electron chi connectivity index (χ0n) is 13.6. The van der Waals surface area contributed by atoms with Gasteiger partial charge in [-0.25, -0.2) is 9.78 Å². The van der Waals surface area contributed by atoms with Crippen molar-refractivity contribution in [1.82, 2.24) is 19.2 Å². The van der Waals surface area contributed by atoms with Crippen LogP contribution in [0.2, 0.25) is 0 Å². The number of ether oxygens (including phenoxy) is 1. The van der Waals surface area contributed by atoms with Crippen LogP contribution in [0.3, 0.4) is 0 Å². The molecule has 0 saturated heterocycles. The first-order chi connectivity index (χ1) is 11.1. The monoisotopic (exact) mass is 312 g/mol. The van der Waals surface area contributed by atoms with Crippen molar-refractivity contribution < 1.29 is 4.74 Å². The Bertz CT molecular complexity index is 865. The van der Waals surface area contributed by atoms with Crippen LogP contribution < -0.4 is 10.4 Å². The summed E-state index contributed by atoms with van der Waals surface area (Å²) >= 11 is 0. The van der Waals surface area contributed by atoms with Crippen molar-refractivity contribution in [2.24, 2.45) is 5.92 Å². The van der Waals surface area contributed by atoms with E-state index in [9.17, 15) is 4.79 Å². The lowest BCUT2D eigenvalue weighted by Crippen LogP contribution is -2.32. The minimum atomic E-state index is -0.196. The Balaban J connectivity index is 2.15. The SMILES string of the molecule is COc1cc2nc(CC(C)C)n(Cc3ccccc3)c(=O)n2n1. The van der Waals surface area contributed by atoms with Gasteiger partial charge in [0.1, 0.15) is 5.82 Å². The molecule has 0 aliphatic heterocycles. The molecule has 0 N–H and O–H groups in total. The molecule has 120 valence electrons. The predicted octanol–water partition coefficient (Wildman–Crippen LogP) is 2.15. The van der Waals surface area contributed by atoms with Crippen LogP contribution >= 0.6 is 0 Å². The van der Waals surface area contributed by atoms with Crippen molar-refractivity contribution in [3.63, 3.8) is 0 Å². The summed E-state index contributed by atoms with van der Waals surface area (Å²) in [5.41, 5.74) is 1.38. The molecule has 0 unspecified atom stereocenters. The van der Waals surface area contributed by atoms with Crippen LogP contribution in [-0.2, 0) is 13.0 Å². The number of hydrogen-bond acceptors (Lipinski definition) is 4. The van der Waals surface area contributed by atoms with Crippen molar-refractivity contribution >= 4 is 5.65 Å². The van der Waals surface area contributed by atoms with Gasteiger partial charge in [-0.3, -0.25) is 4.57 Å². The van der Waals surface area contributed by atoms with Gasteiger partial charge >= 0.3 is 5.69 Å². The molecular formula is C17H20N4O2. The van der Waals surface area contributed by atoms with Crippen LogP contribution in [0.1, 0.15) is 25.2 Å². The molecule has 0 bridgehead atoms. The van der Waals surface area contributed by atoms with E-state index in [0.29, 0.717) is 24.0 Å². The molecule has 3 rings (SSSR count). The topological polar surface area (TPSA) is 61.4 Å². The van der Waals surface area contributed by atoms with Crippen LogP contribution in [0.5, 0.6) is 5.88 Å². The second-order valence-electron chi connectivity index (χ2n) is 5.94. The molecule has 0 radical (unpaired) electrons. The van der Waals surface area contributed by atoms with Gasteiger partial charge in [0.25, 0.3) is 0 Å². The lowest BCUT2D eigenvalue weighted by molar-refractivity contribution is 0.393.